The highest BCUT2D eigenvalue weighted by Crippen LogP contribution is 2.25. The van der Waals surface area contributed by atoms with Crippen LogP contribution < -0.4 is 10.6 Å². The van der Waals surface area contributed by atoms with Crippen molar-refractivity contribution in [1.29, 1.82) is 5.26 Å². The number of carbonyl (C=O) groups is 2. The quantitative estimate of drug-likeness (QED) is 0.336. The van der Waals surface area contributed by atoms with Crippen molar-refractivity contribution < 1.29 is 14.5 Å². The van der Waals surface area contributed by atoms with Crippen LogP contribution in [-0.2, 0) is 4.79 Å². The monoisotopic (exact) mass is 345 g/mol. The van der Waals surface area contributed by atoms with Crippen LogP contribution in [0, 0.1) is 21.4 Å². The number of nitro groups is 1. The number of carbonyl (C=O) groups excluding carboxylic acids is 2. The van der Waals surface area contributed by atoms with Gasteiger partial charge in [-0.3, -0.25) is 19.8 Å². The molecule has 0 aromatic heterocycles. The van der Waals surface area contributed by atoms with Gasteiger partial charge in [-0.25, -0.2) is 4.79 Å². The highest BCUT2D eigenvalue weighted by Gasteiger charge is 2.45. The normalized spacial score (nSPS) is 19.5. The fourth-order valence-corrected chi connectivity index (χ4v) is 2.55. The first kappa shape index (κ1) is 18.2. The highest BCUT2D eigenvalue weighted by molar-refractivity contribution is 6.06. The molecule has 1 heterocycles. The van der Waals surface area contributed by atoms with E-state index >= 15 is 0 Å². The maximum Gasteiger partial charge on any atom is 0.325 e. The zero-order valence-electron chi connectivity index (χ0n) is 14.0. The Kier molecular flexibility index (Phi) is 5.22. The fourth-order valence-electron chi connectivity index (χ4n) is 2.55. The molecule has 9 heteroatoms. The third kappa shape index (κ3) is 3.68. The number of benzene rings is 1. The fraction of sp³-hybridized carbons (Fsp3) is 0.438. The second-order valence-electron chi connectivity index (χ2n) is 5.95. The molecule has 0 aliphatic carbocycles. The molecular weight excluding hydrogens is 326 g/mol. The molecule has 0 bridgehead atoms. The Morgan fingerprint density at radius 3 is 2.72 bits per heavy atom. The van der Waals surface area contributed by atoms with Gasteiger partial charge in [-0.2, -0.15) is 5.26 Å². The van der Waals surface area contributed by atoms with Crippen LogP contribution in [0.4, 0.5) is 16.2 Å². The minimum absolute atomic E-state index is 0.187. The maximum absolute atomic E-state index is 12.2. The van der Waals surface area contributed by atoms with Gasteiger partial charge >= 0.3 is 6.03 Å². The van der Waals surface area contributed by atoms with E-state index < -0.39 is 16.5 Å². The summed E-state index contributed by atoms with van der Waals surface area (Å²) in [4.78, 5) is 35.8. The van der Waals surface area contributed by atoms with Crippen LogP contribution in [0.15, 0.2) is 18.2 Å². The van der Waals surface area contributed by atoms with Gasteiger partial charge in [-0.05, 0) is 31.9 Å². The average Bonchev–Trinajstić information content (AvgIpc) is 2.81. The summed E-state index contributed by atoms with van der Waals surface area (Å²) in [6, 6.07) is 5.60. The Balaban J connectivity index is 1.94. The Morgan fingerprint density at radius 2 is 2.16 bits per heavy atom. The number of nitro benzene ring substituents is 1. The molecule has 132 valence electrons. The summed E-state index contributed by atoms with van der Waals surface area (Å²) in [7, 11) is 0. The predicted octanol–water partition coefficient (Wildman–Crippen LogP) is 1.99. The number of nitrogens with zero attached hydrogens (tertiary/aromatic N) is 3. The van der Waals surface area contributed by atoms with Gasteiger partial charge in [0.2, 0.25) is 0 Å². The summed E-state index contributed by atoms with van der Waals surface area (Å²) in [6.45, 7) is 4.07. The lowest BCUT2D eigenvalue weighted by molar-refractivity contribution is -0.384. The molecule has 0 saturated carbocycles. The lowest BCUT2D eigenvalue weighted by Crippen LogP contribution is -2.43. The molecule has 1 atom stereocenters. The van der Waals surface area contributed by atoms with Crippen LogP contribution in [0.3, 0.4) is 0 Å². The van der Waals surface area contributed by atoms with E-state index in [4.69, 9.17) is 5.26 Å². The first-order valence-corrected chi connectivity index (χ1v) is 7.89. The summed E-state index contributed by atoms with van der Waals surface area (Å²) in [5, 5.41) is 25.5. The summed E-state index contributed by atoms with van der Waals surface area (Å²) >= 11 is 0. The van der Waals surface area contributed by atoms with Gasteiger partial charge in [0.25, 0.3) is 11.6 Å². The molecule has 25 heavy (non-hydrogen) atoms. The summed E-state index contributed by atoms with van der Waals surface area (Å²) in [5.74, 6) is -0.260. The van der Waals surface area contributed by atoms with Crippen molar-refractivity contribution in [2.45, 2.75) is 32.2 Å². The second kappa shape index (κ2) is 7.17. The third-order valence-electron chi connectivity index (χ3n) is 4.25. The van der Waals surface area contributed by atoms with E-state index in [9.17, 15) is 19.7 Å². The molecule has 1 aliphatic rings. The van der Waals surface area contributed by atoms with Gasteiger partial charge in [0.15, 0.2) is 0 Å². The minimum atomic E-state index is -0.865. The molecule has 1 aromatic rings. The third-order valence-corrected chi connectivity index (χ3v) is 4.25. The molecule has 1 fully saturated rings. The summed E-state index contributed by atoms with van der Waals surface area (Å²) < 4.78 is 0. The molecule has 2 N–H and O–H groups in total. The molecule has 2 rings (SSSR count). The van der Waals surface area contributed by atoms with E-state index in [-0.39, 0.29) is 23.7 Å². The maximum atomic E-state index is 12.2. The first-order valence-electron chi connectivity index (χ1n) is 7.89. The van der Waals surface area contributed by atoms with Crippen molar-refractivity contribution in [3.63, 3.8) is 0 Å². The van der Waals surface area contributed by atoms with E-state index in [0.717, 1.165) is 0 Å². The van der Waals surface area contributed by atoms with Crippen LogP contribution in [0.5, 0.6) is 0 Å². The standard InChI is InChI=1S/C16H19N5O4/c1-3-16(2)14(22)20(15(23)19-16)8-4-7-18-12-6-5-11(10-17)9-13(12)21(24)25/h5-6,9,18H,3-4,7-8H2,1-2H3,(H,19,23). The lowest BCUT2D eigenvalue weighted by atomic mass is 9.99. The highest BCUT2D eigenvalue weighted by atomic mass is 16.6. The number of nitrogens with one attached hydrogen (secondary N) is 2. The summed E-state index contributed by atoms with van der Waals surface area (Å²) in [5.41, 5.74) is -0.557. The number of rotatable bonds is 7. The number of amides is 3. The number of imide groups is 1. The van der Waals surface area contributed by atoms with E-state index in [2.05, 4.69) is 10.6 Å². The molecule has 1 saturated heterocycles. The average molecular weight is 345 g/mol. The van der Waals surface area contributed by atoms with Crippen molar-refractivity contribution in [3.05, 3.63) is 33.9 Å². The molecule has 9 nitrogen and oxygen atoms in total. The Hall–Kier alpha value is -3.15. The Labute approximate surface area is 144 Å². The van der Waals surface area contributed by atoms with Crippen molar-refractivity contribution in [3.8, 4) is 6.07 Å². The van der Waals surface area contributed by atoms with Crippen molar-refractivity contribution in [2.75, 3.05) is 18.4 Å². The predicted molar refractivity (Wildman–Crippen MR) is 89.9 cm³/mol. The van der Waals surface area contributed by atoms with E-state index in [1.165, 1.54) is 23.1 Å². The number of hydrogen-bond acceptors (Lipinski definition) is 6. The van der Waals surface area contributed by atoms with Crippen molar-refractivity contribution in [2.24, 2.45) is 0 Å². The summed E-state index contributed by atoms with van der Waals surface area (Å²) in [6.07, 6.45) is 0.944. The van der Waals surface area contributed by atoms with Gasteiger partial charge in [0.1, 0.15) is 11.2 Å². The van der Waals surface area contributed by atoms with Crippen LogP contribution in [0.25, 0.3) is 0 Å². The SMILES string of the molecule is CCC1(C)NC(=O)N(CCCNc2ccc(C#N)cc2[N+](=O)[O-])C1=O. The van der Waals surface area contributed by atoms with Gasteiger partial charge < -0.3 is 10.6 Å². The topological polar surface area (TPSA) is 128 Å². The zero-order valence-corrected chi connectivity index (χ0v) is 14.0. The van der Waals surface area contributed by atoms with Crippen LogP contribution >= 0.6 is 0 Å². The van der Waals surface area contributed by atoms with Gasteiger partial charge in [-0.1, -0.05) is 6.92 Å². The first-order chi connectivity index (χ1) is 11.8. The van der Waals surface area contributed by atoms with Gasteiger partial charge in [-0.15, -0.1) is 0 Å². The van der Waals surface area contributed by atoms with Gasteiger partial charge in [0.05, 0.1) is 16.6 Å². The number of nitriles is 1. The Morgan fingerprint density at radius 1 is 1.44 bits per heavy atom. The minimum Gasteiger partial charge on any atom is -0.379 e. The smallest absolute Gasteiger partial charge is 0.325 e. The molecule has 3 amide bonds. The molecule has 1 aromatic carbocycles. The van der Waals surface area contributed by atoms with Crippen molar-refractivity contribution >= 4 is 23.3 Å². The van der Waals surface area contributed by atoms with Gasteiger partial charge in [0, 0.05) is 19.2 Å². The molecule has 1 aliphatic heterocycles. The molecular formula is C16H19N5O4. The van der Waals surface area contributed by atoms with Crippen LogP contribution in [0.1, 0.15) is 32.3 Å². The largest absolute Gasteiger partial charge is 0.379 e. The number of urea groups is 1. The molecule has 1 unspecified atom stereocenters. The van der Waals surface area contributed by atoms with Crippen LogP contribution in [0.2, 0.25) is 0 Å². The van der Waals surface area contributed by atoms with E-state index in [0.29, 0.717) is 25.1 Å². The molecule has 0 radical (unpaired) electrons. The Bertz CT molecular complexity index is 757. The second-order valence-corrected chi connectivity index (χ2v) is 5.95. The van der Waals surface area contributed by atoms with Crippen molar-refractivity contribution in [1.82, 2.24) is 10.2 Å². The zero-order chi connectivity index (χ0) is 18.6. The number of anilines is 1. The molecule has 0 spiro atoms. The number of hydrogen-bond donors (Lipinski definition) is 2. The van der Waals surface area contributed by atoms with E-state index in [1.54, 1.807) is 6.92 Å². The van der Waals surface area contributed by atoms with Crippen LogP contribution in [-0.4, -0.2) is 40.4 Å². The van der Waals surface area contributed by atoms with E-state index in [1.807, 2.05) is 13.0 Å². The lowest BCUT2D eigenvalue weighted by Gasteiger charge is -2.19.